The Labute approximate surface area is 152 Å². The Morgan fingerprint density at radius 2 is 1.65 bits per heavy atom. The van der Waals surface area contributed by atoms with Crippen molar-refractivity contribution >= 4 is 27.5 Å². The lowest BCUT2D eigenvalue weighted by Gasteiger charge is -2.21. The molecule has 3 N–H and O–H groups in total. The van der Waals surface area contributed by atoms with Crippen LogP contribution in [0.5, 0.6) is 0 Å². The van der Waals surface area contributed by atoms with Crippen molar-refractivity contribution in [2.24, 2.45) is 5.73 Å². The molecule has 2 aromatic carbocycles. The average molecular weight is 375 g/mol. The molecule has 7 nitrogen and oxygen atoms in total. The second kappa shape index (κ2) is 7.67. The number of hydrogen-bond donors (Lipinski definition) is 2. The van der Waals surface area contributed by atoms with E-state index in [4.69, 9.17) is 5.73 Å². The zero-order chi connectivity index (χ0) is 19.5. The molecule has 8 heteroatoms. The van der Waals surface area contributed by atoms with Crippen molar-refractivity contribution in [1.82, 2.24) is 4.31 Å². The van der Waals surface area contributed by atoms with Crippen molar-refractivity contribution in [2.45, 2.75) is 24.8 Å². The summed E-state index contributed by atoms with van der Waals surface area (Å²) in [6.07, 6.45) is 0. The van der Waals surface area contributed by atoms with Crippen LogP contribution in [0.2, 0.25) is 0 Å². The van der Waals surface area contributed by atoms with E-state index >= 15 is 0 Å². The van der Waals surface area contributed by atoms with Gasteiger partial charge in [0.1, 0.15) is 0 Å². The summed E-state index contributed by atoms with van der Waals surface area (Å²) in [6.45, 7) is 3.54. The number of amides is 2. The maximum Gasteiger partial charge on any atom is 0.255 e. The first-order valence-corrected chi connectivity index (χ1v) is 9.36. The lowest BCUT2D eigenvalue weighted by molar-refractivity contribution is 0.0998. The fourth-order valence-electron chi connectivity index (χ4n) is 2.16. The summed E-state index contributed by atoms with van der Waals surface area (Å²) in [4.78, 5) is 23.5. The summed E-state index contributed by atoms with van der Waals surface area (Å²) < 4.78 is 26.4. The van der Waals surface area contributed by atoms with Crippen LogP contribution in [-0.2, 0) is 10.0 Å². The summed E-state index contributed by atoms with van der Waals surface area (Å²) >= 11 is 0. The molecule has 0 radical (unpaired) electrons. The summed E-state index contributed by atoms with van der Waals surface area (Å²) in [7, 11) is -2.19. The minimum absolute atomic E-state index is 0.0467. The molecule has 0 atom stereocenters. The van der Waals surface area contributed by atoms with Crippen LogP contribution in [0.1, 0.15) is 34.6 Å². The van der Waals surface area contributed by atoms with Crippen LogP contribution < -0.4 is 11.1 Å². The molecule has 0 saturated heterocycles. The van der Waals surface area contributed by atoms with Crippen LogP contribution in [0, 0.1) is 0 Å². The maximum atomic E-state index is 12.6. The van der Waals surface area contributed by atoms with E-state index in [2.05, 4.69) is 5.32 Å². The maximum absolute atomic E-state index is 12.6. The third-order valence-corrected chi connectivity index (χ3v) is 5.96. The zero-order valence-electron chi connectivity index (χ0n) is 14.8. The summed E-state index contributed by atoms with van der Waals surface area (Å²) in [5.74, 6) is -1.02. The molecule has 0 fully saturated rings. The molecule has 0 aliphatic heterocycles. The van der Waals surface area contributed by atoms with E-state index in [1.54, 1.807) is 26.0 Å². The molecular weight excluding hydrogens is 354 g/mol. The minimum Gasteiger partial charge on any atom is -0.366 e. The highest BCUT2D eigenvalue weighted by Gasteiger charge is 2.23. The highest BCUT2D eigenvalue weighted by molar-refractivity contribution is 7.89. The van der Waals surface area contributed by atoms with Gasteiger partial charge in [0.2, 0.25) is 15.9 Å². The average Bonchev–Trinajstić information content (AvgIpc) is 2.61. The highest BCUT2D eigenvalue weighted by atomic mass is 32.2. The lowest BCUT2D eigenvalue weighted by Crippen LogP contribution is -2.33. The van der Waals surface area contributed by atoms with Gasteiger partial charge in [-0.3, -0.25) is 9.59 Å². The molecule has 0 heterocycles. The fourth-order valence-corrected chi connectivity index (χ4v) is 3.58. The van der Waals surface area contributed by atoms with E-state index in [9.17, 15) is 18.0 Å². The molecule has 0 aromatic heterocycles. The largest absolute Gasteiger partial charge is 0.366 e. The van der Waals surface area contributed by atoms with Crippen LogP contribution in [-0.4, -0.2) is 37.6 Å². The predicted octanol–water partition coefficient (Wildman–Crippen LogP) is 2.07. The van der Waals surface area contributed by atoms with Gasteiger partial charge < -0.3 is 11.1 Å². The quantitative estimate of drug-likeness (QED) is 0.805. The van der Waals surface area contributed by atoms with E-state index in [0.717, 1.165) is 0 Å². The third kappa shape index (κ3) is 4.27. The number of carbonyl (C=O) groups excluding carboxylic acids is 2. The van der Waals surface area contributed by atoms with E-state index in [0.29, 0.717) is 11.3 Å². The van der Waals surface area contributed by atoms with E-state index in [1.807, 2.05) is 0 Å². The first kappa shape index (κ1) is 19.6. The van der Waals surface area contributed by atoms with Gasteiger partial charge in [0.05, 0.1) is 4.90 Å². The van der Waals surface area contributed by atoms with Gasteiger partial charge in [-0.25, -0.2) is 8.42 Å². The third-order valence-electron chi connectivity index (χ3n) is 3.93. The number of rotatable bonds is 6. The standard InChI is InChI=1S/C18H21N3O4S/c1-12(2)21(3)26(24,25)16-6-4-5-14(11-16)18(23)20-15-9-7-13(8-10-15)17(19)22/h4-12H,1-3H3,(H2,19,22)(H,20,23). The summed E-state index contributed by atoms with van der Waals surface area (Å²) in [5, 5.41) is 2.66. The van der Waals surface area contributed by atoms with Crippen LogP contribution in [0.25, 0.3) is 0 Å². The van der Waals surface area contributed by atoms with E-state index < -0.39 is 21.8 Å². The highest BCUT2D eigenvalue weighted by Crippen LogP contribution is 2.19. The second-order valence-corrected chi connectivity index (χ2v) is 8.04. The molecule has 2 rings (SSSR count). The van der Waals surface area contributed by atoms with Crippen molar-refractivity contribution in [1.29, 1.82) is 0 Å². The van der Waals surface area contributed by atoms with Crippen molar-refractivity contribution in [2.75, 3.05) is 12.4 Å². The Kier molecular flexibility index (Phi) is 5.79. The summed E-state index contributed by atoms with van der Waals surface area (Å²) in [6, 6.07) is 11.7. The summed E-state index contributed by atoms with van der Waals surface area (Å²) in [5.41, 5.74) is 6.17. The smallest absolute Gasteiger partial charge is 0.255 e. The van der Waals surface area contributed by atoms with Gasteiger partial charge in [0.25, 0.3) is 5.91 Å². The molecule has 0 spiro atoms. The number of nitrogens with one attached hydrogen (secondary N) is 1. The first-order chi connectivity index (χ1) is 12.1. The SMILES string of the molecule is CC(C)N(C)S(=O)(=O)c1cccc(C(=O)Nc2ccc(C(N)=O)cc2)c1. The Morgan fingerprint density at radius 3 is 2.19 bits per heavy atom. The van der Waals surface area contributed by atoms with Crippen molar-refractivity contribution < 1.29 is 18.0 Å². The topological polar surface area (TPSA) is 110 Å². The number of anilines is 1. The number of sulfonamides is 1. The van der Waals surface area contributed by atoms with Crippen LogP contribution in [0.4, 0.5) is 5.69 Å². The van der Waals surface area contributed by atoms with Crippen molar-refractivity contribution in [3.8, 4) is 0 Å². The molecule has 0 aliphatic carbocycles. The van der Waals surface area contributed by atoms with Gasteiger partial charge in [-0.1, -0.05) is 6.07 Å². The second-order valence-electron chi connectivity index (χ2n) is 6.04. The number of benzene rings is 2. The van der Waals surface area contributed by atoms with Crippen molar-refractivity contribution in [3.63, 3.8) is 0 Å². The Bertz CT molecular complexity index is 922. The normalized spacial score (nSPS) is 11.6. The molecule has 0 unspecified atom stereocenters. The van der Waals surface area contributed by atoms with Gasteiger partial charge >= 0.3 is 0 Å². The number of hydrogen-bond acceptors (Lipinski definition) is 4. The lowest BCUT2D eigenvalue weighted by atomic mass is 10.2. The van der Waals surface area contributed by atoms with Gasteiger partial charge in [0.15, 0.2) is 0 Å². The number of carbonyl (C=O) groups is 2. The molecular formula is C18H21N3O4S. The Morgan fingerprint density at radius 1 is 1.04 bits per heavy atom. The minimum atomic E-state index is -3.68. The van der Waals surface area contributed by atoms with E-state index in [-0.39, 0.29) is 16.5 Å². The van der Waals surface area contributed by atoms with Crippen molar-refractivity contribution in [3.05, 3.63) is 59.7 Å². The molecule has 2 aromatic rings. The molecule has 0 saturated carbocycles. The predicted molar refractivity (Wildman–Crippen MR) is 99.4 cm³/mol. The molecule has 138 valence electrons. The molecule has 0 bridgehead atoms. The Balaban J connectivity index is 2.24. The molecule has 26 heavy (non-hydrogen) atoms. The van der Waals surface area contributed by atoms with Gasteiger partial charge in [-0.15, -0.1) is 0 Å². The van der Waals surface area contributed by atoms with Gasteiger partial charge in [-0.05, 0) is 56.3 Å². The fraction of sp³-hybridized carbons (Fsp3) is 0.222. The van der Waals surface area contributed by atoms with Gasteiger partial charge in [0, 0.05) is 29.9 Å². The first-order valence-electron chi connectivity index (χ1n) is 7.92. The van der Waals surface area contributed by atoms with Gasteiger partial charge in [-0.2, -0.15) is 4.31 Å². The Hall–Kier alpha value is -2.71. The number of nitrogens with two attached hydrogens (primary N) is 1. The van der Waals surface area contributed by atoms with Crippen LogP contribution in [0.15, 0.2) is 53.4 Å². The molecule has 0 aliphatic rings. The number of nitrogens with zero attached hydrogens (tertiary/aromatic N) is 1. The molecule has 2 amide bonds. The monoisotopic (exact) mass is 375 g/mol. The van der Waals surface area contributed by atoms with Crippen LogP contribution >= 0.6 is 0 Å². The van der Waals surface area contributed by atoms with Crippen LogP contribution in [0.3, 0.4) is 0 Å². The number of primary amides is 1. The zero-order valence-corrected chi connectivity index (χ0v) is 15.6. The van der Waals surface area contributed by atoms with E-state index in [1.165, 1.54) is 47.8 Å².